The predicted octanol–water partition coefficient (Wildman–Crippen LogP) is 1.78. The number of halogens is 3. The maximum absolute atomic E-state index is 13.5. The van der Waals surface area contributed by atoms with Crippen molar-refractivity contribution in [2.45, 2.75) is 56.5 Å². The highest BCUT2D eigenvalue weighted by molar-refractivity contribution is 7.18. The number of hydrogen-bond acceptors (Lipinski definition) is 8. The van der Waals surface area contributed by atoms with Crippen molar-refractivity contribution in [3.63, 3.8) is 0 Å². The van der Waals surface area contributed by atoms with Crippen LogP contribution in [0.1, 0.15) is 35.3 Å². The van der Waals surface area contributed by atoms with E-state index in [1.165, 1.54) is 15.9 Å². The molecule has 0 saturated carbocycles. The highest BCUT2D eigenvalue weighted by atomic mass is 32.1. The largest absolute Gasteiger partial charge is 0.434 e. The minimum Gasteiger partial charge on any atom is -0.332 e. The molecule has 2 aromatic heterocycles. The minimum absolute atomic E-state index is 0.163. The Labute approximate surface area is 209 Å². The monoisotopic (exact) mass is 520 g/mol. The second-order valence-corrected chi connectivity index (χ2v) is 10.5. The van der Waals surface area contributed by atoms with E-state index in [-0.39, 0.29) is 24.7 Å². The Hall–Kier alpha value is -2.58. The summed E-state index contributed by atoms with van der Waals surface area (Å²) in [4.78, 5) is 24.0. The number of alkyl halides is 3. The van der Waals surface area contributed by atoms with Gasteiger partial charge >= 0.3 is 6.18 Å². The third-order valence-corrected chi connectivity index (χ3v) is 8.13. The summed E-state index contributed by atoms with van der Waals surface area (Å²) in [7, 11) is 0. The fourth-order valence-corrected chi connectivity index (χ4v) is 6.28. The lowest BCUT2D eigenvalue weighted by Gasteiger charge is -2.44. The smallest absolute Gasteiger partial charge is 0.332 e. The summed E-state index contributed by atoms with van der Waals surface area (Å²) in [6, 6.07) is 7.99. The summed E-state index contributed by atoms with van der Waals surface area (Å²) in [6.45, 7) is 2.80. The molecule has 1 amide bonds. The third-order valence-electron chi connectivity index (χ3n) is 7.01. The first-order chi connectivity index (χ1) is 17.3. The molecule has 192 valence electrons. The van der Waals surface area contributed by atoms with Crippen LogP contribution in [-0.4, -0.2) is 63.5 Å². The number of thiazole rings is 1. The number of imidazole rings is 1. The van der Waals surface area contributed by atoms with Crippen LogP contribution < -0.4 is 21.3 Å². The number of carbonyl (C=O) groups excluding carboxylic acids is 1. The van der Waals surface area contributed by atoms with E-state index in [4.69, 9.17) is 4.98 Å². The quantitative estimate of drug-likeness (QED) is 0.416. The number of rotatable bonds is 4. The average Bonchev–Trinajstić information content (AvgIpc) is 3.48. The Morgan fingerprint density at radius 1 is 1.17 bits per heavy atom. The summed E-state index contributed by atoms with van der Waals surface area (Å²) in [5.41, 5.74) is -0.0333. The molecule has 6 rings (SSSR count). The van der Waals surface area contributed by atoms with Crippen molar-refractivity contribution >= 4 is 27.5 Å². The number of fused-ring (bicyclic) bond motifs is 2. The number of benzene rings is 1. The maximum Gasteiger partial charge on any atom is 0.434 e. The average molecular weight is 521 g/mol. The summed E-state index contributed by atoms with van der Waals surface area (Å²) in [5, 5.41) is 14.3. The van der Waals surface area contributed by atoms with Crippen LogP contribution in [0, 0.1) is 0 Å². The molecular weight excluding hydrogens is 493 g/mol. The van der Waals surface area contributed by atoms with E-state index in [9.17, 15) is 18.0 Å². The number of amides is 1. The summed E-state index contributed by atoms with van der Waals surface area (Å²) in [6.07, 6.45) is -2.32. The molecule has 1 aromatic carbocycles. The van der Waals surface area contributed by atoms with Crippen molar-refractivity contribution in [1.82, 2.24) is 40.7 Å². The van der Waals surface area contributed by atoms with Crippen LogP contribution in [0.3, 0.4) is 0 Å². The Morgan fingerprint density at radius 3 is 2.81 bits per heavy atom. The van der Waals surface area contributed by atoms with E-state index in [1.54, 1.807) is 0 Å². The van der Waals surface area contributed by atoms with Crippen molar-refractivity contribution < 1.29 is 18.0 Å². The lowest BCUT2D eigenvalue weighted by atomic mass is 10.00. The van der Waals surface area contributed by atoms with Gasteiger partial charge in [-0.2, -0.15) is 13.2 Å². The highest BCUT2D eigenvalue weighted by Crippen LogP contribution is 2.32. The number of para-hydroxylation sites is 1. The first-order valence-electron chi connectivity index (χ1n) is 12.1. The van der Waals surface area contributed by atoms with Gasteiger partial charge in [0.15, 0.2) is 5.69 Å². The van der Waals surface area contributed by atoms with Crippen LogP contribution in [0.4, 0.5) is 13.2 Å². The molecule has 3 unspecified atom stereocenters. The maximum atomic E-state index is 13.5. The molecule has 5 heterocycles. The number of piperidine rings is 1. The molecule has 0 radical (unpaired) electrons. The van der Waals surface area contributed by atoms with Gasteiger partial charge in [0.1, 0.15) is 23.0 Å². The minimum atomic E-state index is -4.49. The molecule has 3 aromatic rings. The molecule has 2 saturated heterocycles. The fourth-order valence-electron chi connectivity index (χ4n) is 5.18. The summed E-state index contributed by atoms with van der Waals surface area (Å²) in [5.74, 6) is -0.368. The lowest BCUT2D eigenvalue weighted by Crippen LogP contribution is -2.71. The van der Waals surface area contributed by atoms with Gasteiger partial charge < -0.3 is 15.2 Å². The molecule has 13 heteroatoms. The van der Waals surface area contributed by atoms with Crippen LogP contribution in [-0.2, 0) is 24.1 Å². The molecule has 0 spiro atoms. The van der Waals surface area contributed by atoms with E-state index in [0.29, 0.717) is 18.9 Å². The van der Waals surface area contributed by atoms with Crippen LogP contribution in [0.5, 0.6) is 0 Å². The summed E-state index contributed by atoms with van der Waals surface area (Å²) >= 11 is 1.50. The second kappa shape index (κ2) is 9.38. The number of nitrogens with one attached hydrogen (secondary N) is 4. The SMILES string of the molecule is O=C1NC(N2CCn3cc(C(F)(F)F)nc3C2)NC(N[C@@H]2CCCNC2)C1c1nc2ccccc2s1. The topological polar surface area (TPSA) is 99.1 Å². The third kappa shape index (κ3) is 4.61. The van der Waals surface area contributed by atoms with Crippen LogP contribution in [0.25, 0.3) is 10.2 Å². The number of hydrogen-bond donors (Lipinski definition) is 4. The normalized spacial score (nSPS) is 27.7. The van der Waals surface area contributed by atoms with Crippen LogP contribution >= 0.6 is 11.3 Å². The molecule has 2 fully saturated rings. The van der Waals surface area contributed by atoms with Gasteiger partial charge in [-0.25, -0.2) is 9.97 Å². The van der Waals surface area contributed by atoms with Gasteiger partial charge in [-0.05, 0) is 31.5 Å². The zero-order chi connectivity index (χ0) is 24.9. The molecular formula is C23H27F3N8OS. The number of carbonyl (C=O) groups is 1. The molecule has 0 aliphatic carbocycles. The molecule has 3 aliphatic rings. The zero-order valence-corrected chi connectivity index (χ0v) is 20.2. The Morgan fingerprint density at radius 2 is 2.03 bits per heavy atom. The van der Waals surface area contributed by atoms with Crippen molar-refractivity contribution in [3.8, 4) is 0 Å². The fraction of sp³-hybridized carbons (Fsp3) is 0.522. The van der Waals surface area contributed by atoms with Gasteiger partial charge in [-0.1, -0.05) is 12.1 Å². The molecule has 4 N–H and O–H groups in total. The number of aromatic nitrogens is 3. The first kappa shape index (κ1) is 23.8. The first-order valence-corrected chi connectivity index (χ1v) is 12.9. The van der Waals surface area contributed by atoms with Crippen molar-refractivity contribution in [2.24, 2.45) is 0 Å². The van der Waals surface area contributed by atoms with Crippen LogP contribution in [0.15, 0.2) is 30.5 Å². The van der Waals surface area contributed by atoms with Gasteiger partial charge in [0.05, 0.1) is 22.9 Å². The van der Waals surface area contributed by atoms with Gasteiger partial charge in [-0.15, -0.1) is 11.3 Å². The summed E-state index contributed by atoms with van der Waals surface area (Å²) < 4.78 is 42.0. The van der Waals surface area contributed by atoms with Gasteiger partial charge in [0.2, 0.25) is 5.91 Å². The van der Waals surface area contributed by atoms with E-state index in [0.717, 1.165) is 47.4 Å². The van der Waals surface area contributed by atoms with Gasteiger partial charge in [0.25, 0.3) is 0 Å². The Balaban J connectivity index is 1.25. The predicted molar refractivity (Wildman–Crippen MR) is 128 cm³/mol. The second-order valence-electron chi connectivity index (χ2n) is 9.47. The van der Waals surface area contributed by atoms with Crippen molar-refractivity contribution in [2.75, 3.05) is 19.6 Å². The van der Waals surface area contributed by atoms with Gasteiger partial charge in [-0.3, -0.25) is 20.3 Å². The standard InChI is InChI=1S/C23H27F3N8OS/c24-23(25,26)16-11-33-8-9-34(12-17(33)30-16)22-31-19(28-13-4-3-7-27-10-13)18(20(35)32-22)21-29-14-5-1-2-6-15(14)36-21/h1-2,5-6,11,13,18-19,22,27-28,31H,3-4,7-10,12H2,(H,32,35)/t13-,18?,19?,22?/m1/s1. The van der Waals surface area contributed by atoms with Gasteiger partial charge in [0, 0.05) is 31.9 Å². The molecule has 0 bridgehead atoms. The number of nitrogens with zero attached hydrogens (tertiary/aromatic N) is 4. The van der Waals surface area contributed by atoms with E-state index in [2.05, 4.69) is 26.3 Å². The van der Waals surface area contributed by atoms with E-state index < -0.39 is 24.1 Å². The Bertz CT molecular complexity index is 1220. The molecule has 9 nitrogen and oxygen atoms in total. The molecule has 3 aliphatic heterocycles. The lowest BCUT2D eigenvalue weighted by molar-refractivity contribution is -0.141. The molecule has 36 heavy (non-hydrogen) atoms. The van der Waals surface area contributed by atoms with Crippen molar-refractivity contribution in [1.29, 1.82) is 0 Å². The highest BCUT2D eigenvalue weighted by Gasteiger charge is 2.43. The molecule has 4 atom stereocenters. The van der Waals surface area contributed by atoms with Crippen molar-refractivity contribution in [3.05, 3.63) is 47.0 Å². The van der Waals surface area contributed by atoms with E-state index >= 15 is 0 Å². The Kier molecular flexibility index (Phi) is 6.20. The zero-order valence-electron chi connectivity index (χ0n) is 19.4. The van der Waals surface area contributed by atoms with Crippen LogP contribution in [0.2, 0.25) is 0 Å². The van der Waals surface area contributed by atoms with E-state index in [1.807, 2.05) is 29.2 Å².